The molecule has 16 heteroatoms. The van der Waals surface area contributed by atoms with Crippen molar-refractivity contribution in [3.05, 3.63) is 22.3 Å². The predicted octanol–water partition coefficient (Wildman–Crippen LogP) is -0.585. The zero-order valence-electron chi connectivity index (χ0n) is 18.4. The molecule has 0 spiro atoms. The topological polar surface area (TPSA) is 211 Å². The van der Waals surface area contributed by atoms with Gasteiger partial charge in [0, 0.05) is 30.1 Å². The van der Waals surface area contributed by atoms with E-state index in [1.165, 1.54) is 25.6 Å². The lowest BCUT2D eigenvalue weighted by Gasteiger charge is -2.49. The van der Waals surface area contributed by atoms with Gasteiger partial charge in [0.1, 0.15) is 29.9 Å². The van der Waals surface area contributed by atoms with Gasteiger partial charge in [0.05, 0.1) is 5.69 Å². The van der Waals surface area contributed by atoms with E-state index in [4.69, 9.17) is 15.3 Å². The molecule has 2 amide bonds. The Labute approximate surface area is 206 Å². The highest BCUT2D eigenvalue weighted by Gasteiger charge is 2.54. The lowest BCUT2D eigenvalue weighted by Crippen LogP contribution is -2.70. The number of thiazole rings is 1. The summed E-state index contributed by atoms with van der Waals surface area (Å²) in [5.74, 6) is -4.64. The number of hydrogen-bond donors (Lipinski definition) is 4. The van der Waals surface area contributed by atoms with E-state index in [1.807, 2.05) is 0 Å². The zero-order chi connectivity index (χ0) is 25.9. The molecule has 0 aliphatic carbocycles. The molecule has 5 N–H and O–H groups in total. The van der Waals surface area contributed by atoms with Crippen molar-refractivity contribution in [3.63, 3.8) is 0 Å². The van der Waals surface area contributed by atoms with Crippen LogP contribution in [0.3, 0.4) is 0 Å². The minimum Gasteiger partial charge on any atom is -0.478 e. The molecule has 2 aliphatic rings. The van der Waals surface area contributed by atoms with Crippen LogP contribution < -0.4 is 11.1 Å². The summed E-state index contributed by atoms with van der Waals surface area (Å²) in [7, 11) is 0. The van der Waals surface area contributed by atoms with E-state index in [0.29, 0.717) is 11.9 Å². The van der Waals surface area contributed by atoms with Crippen LogP contribution >= 0.6 is 23.1 Å². The van der Waals surface area contributed by atoms with Crippen molar-refractivity contribution in [2.75, 3.05) is 18.1 Å². The Morgan fingerprint density at radius 3 is 2.69 bits per heavy atom. The molecule has 1 aromatic rings. The molecule has 0 radical (unpaired) electrons. The SMILES string of the molecule is CC(=O)OCC1=C(C(=O)O)N2C(=O)C(NC(=O)/C=N\OC(C)(Cc3csc(N)n3)C(=O)O)C2SC1. The number of fused-ring (bicyclic) bond motifs is 1. The molecule has 0 aromatic carbocycles. The van der Waals surface area contributed by atoms with Crippen molar-refractivity contribution in [1.29, 1.82) is 0 Å². The van der Waals surface area contributed by atoms with Crippen molar-refractivity contribution >= 4 is 64.2 Å². The molecule has 2 aliphatic heterocycles. The fourth-order valence-corrected chi connectivity index (χ4v) is 5.15. The van der Waals surface area contributed by atoms with Crippen molar-refractivity contribution < 1.29 is 43.8 Å². The maximum absolute atomic E-state index is 12.6. The number of rotatable bonds is 10. The van der Waals surface area contributed by atoms with E-state index in [-0.39, 0.29) is 35.2 Å². The normalized spacial score (nSPS) is 21.1. The van der Waals surface area contributed by atoms with E-state index < -0.39 is 46.7 Å². The summed E-state index contributed by atoms with van der Waals surface area (Å²) in [6.45, 7) is 2.16. The van der Waals surface area contributed by atoms with Gasteiger partial charge in [-0.25, -0.2) is 14.6 Å². The number of β-lactam (4-membered cyclic amide) rings is 1. The Bertz CT molecular complexity index is 1130. The monoisotopic (exact) mass is 527 g/mol. The van der Waals surface area contributed by atoms with Gasteiger partial charge in [-0.3, -0.25) is 19.3 Å². The summed E-state index contributed by atoms with van der Waals surface area (Å²) in [5, 5.41) is 26.0. The summed E-state index contributed by atoms with van der Waals surface area (Å²) in [6, 6.07) is -1.03. The molecule has 188 valence electrons. The lowest BCUT2D eigenvalue weighted by molar-refractivity contribution is -0.163. The zero-order valence-corrected chi connectivity index (χ0v) is 20.1. The number of amides is 2. The molecule has 35 heavy (non-hydrogen) atoms. The fourth-order valence-electron chi connectivity index (χ4n) is 3.26. The second-order valence-electron chi connectivity index (χ2n) is 7.65. The van der Waals surface area contributed by atoms with E-state index in [9.17, 15) is 34.2 Å². The third-order valence-electron chi connectivity index (χ3n) is 4.96. The average molecular weight is 528 g/mol. The van der Waals surface area contributed by atoms with Gasteiger partial charge < -0.3 is 30.8 Å². The van der Waals surface area contributed by atoms with E-state index in [1.54, 1.807) is 5.38 Å². The van der Waals surface area contributed by atoms with Crippen LogP contribution in [0.5, 0.6) is 0 Å². The fraction of sp³-hybridized carbons (Fsp3) is 0.421. The van der Waals surface area contributed by atoms with E-state index >= 15 is 0 Å². The van der Waals surface area contributed by atoms with Crippen LogP contribution in [0.25, 0.3) is 0 Å². The number of nitrogens with one attached hydrogen (secondary N) is 1. The molecule has 0 bridgehead atoms. The van der Waals surface area contributed by atoms with Crippen LogP contribution in [0.1, 0.15) is 19.5 Å². The minimum absolute atomic E-state index is 0.163. The van der Waals surface area contributed by atoms with Crippen molar-refractivity contribution in [2.24, 2.45) is 5.16 Å². The Balaban J connectivity index is 1.62. The van der Waals surface area contributed by atoms with Gasteiger partial charge in [0.25, 0.3) is 11.8 Å². The van der Waals surface area contributed by atoms with Crippen LogP contribution in [0, 0.1) is 0 Å². The third-order valence-corrected chi connectivity index (χ3v) is 7.02. The number of nitrogens with two attached hydrogens (primary N) is 1. The number of nitrogen functional groups attached to an aromatic ring is 1. The maximum Gasteiger partial charge on any atom is 0.352 e. The van der Waals surface area contributed by atoms with Crippen molar-refractivity contribution in [3.8, 4) is 0 Å². The number of oxime groups is 1. The standard InChI is InChI=1S/C19H21N5O9S2/c1-8(25)32-5-9-6-34-15-12(14(27)24(15)13(9)16(28)29)23-11(26)4-21-33-19(2,17(30)31)3-10-7-35-18(20)22-10/h4,7,12,15H,3,5-6H2,1-2H3,(H2,20,22)(H,23,26)(H,28,29)(H,30,31)/b21-4-. The molecule has 3 heterocycles. The average Bonchev–Trinajstić information content (AvgIpc) is 3.19. The number of anilines is 1. The first kappa shape index (κ1) is 26.0. The number of nitrogens with zero attached hydrogens (tertiary/aromatic N) is 3. The highest BCUT2D eigenvalue weighted by Crippen LogP contribution is 2.40. The van der Waals surface area contributed by atoms with Gasteiger partial charge in [0.2, 0.25) is 5.60 Å². The Morgan fingerprint density at radius 2 is 2.11 bits per heavy atom. The lowest BCUT2D eigenvalue weighted by atomic mass is 10.0. The second kappa shape index (κ2) is 10.3. The van der Waals surface area contributed by atoms with Crippen molar-refractivity contribution in [1.82, 2.24) is 15.2 Å². The van der Waals surface area contributed by atoms with Crippen LogP contribution in [0.2, 0.25) is 0 Å². The summed E-state index contributed by atoms with van der Waals surface area (Å²) in [6.07, 6.45) is 0.518. The highest BCUT2D eigenvalue weighted by molar-refractivity contribution is 8.00. The molecular weight excluding hydrogens is 506 g/mol. The van der Waals surface area contributed by atoms with Gasteiger partial charge in [-0.2, -0.15) is 0 Å². The molecule has 3 unspecified atom stereocenters. The number of aliphatic carboxylic acids is 2. The second-order valence-corrected chi connectivity index (χ2v) is 9.64. The number of carbonyl (C=O) groups excluding carboxylic acids is 3. The van der Waals surface area contributed by atoms with Gasteiger partial charge >= 0.3 is 17.9 Å². The number of esters is 1. The minimum atomic E-state index is -1.83. The van der Waals surface area contributed by atoms with Crippen LogP contribution in [0.15, 0.2) is 21.8 Å². The largest absolute Gasteiger partial charge is 0.478 e. The smallest absolute Gasteiger partial charge is 0.352 e. The van der Waals surface area contributed by atoms with Crippen molar-refractivity contribution in [2.45, 2.75) is 37.3 Å². The van der Waals surface area contributed by atoms with Gasteiger partial charge in [-0.15, -0.1) is 23.1 Å². The molecule has 1 fully saturated rings. The van der Waals surface area contributed by atoms with Gasteiger partial charge in [-0.05, 0) is 6.92 Å². The van der Waals surface area contributed by atoms with Crippen LogP contribution in [-0.4, -0.2) is 85.4 Å². The molecule has 14 nitrogen and oxygen atoms in total. The van der Waals surface area contributed by atoms with Gasteiger partial charge in [-0.1, -0.05) is 5.16 Å². The number of carboxylic acid groups (broad SMARTS) is 2. The summed E-state index contributed by atoms with van der Waals surface area (Å²) in [4.78, 5) is 69.3. The number of carbonyl (C=O) groups is 5. The molecule has 0 saturated carbocycles. The number of thioether (sulfide) groups is 1. The predicted molar refractivity (Wildman–Crippen MR) is 122 cm³/mol. The Morgan fingerprint density at radius 1 is 1.40 bits per heavy atom. The molecule has 3 rings (SSSR count). The summed E-state index contributed by atoms with van der Waals surface area (Å²) in [5.41, 5.74) is 4.06. The van der Waals surface area contributed by atoms with E-state index in [0.717, 1.165) is 16.2 Å². The van der Waals surface area contributed by atoms with Gasteiger partial charge in [0.15, 0.2) is 5.13 Å². The molecule has 1 aromatic heterocycles. The summed E-state index contributed by atoms with van der Waals surface area (Å²) >= 11 is 2.32. The van der Waals surface area contributed by atoms with Crippen LogP contribution in [0.4, 0.5) is 5.13 Å². The Hall–Kier alpha value is -3.66. The first-order valence-electron chi connectivity index (χ1n) is 9.91. The number of aromatic nitrogens is 1. The number of carboxylic acids is 2. The molecular formula is C19H21N5O9S2. The third kappa shape index (κ3) is 5.71. The molecule has 3 atom stereocenters. The first-order chi connectivity index (χ1) is 16.4. The highest BCUT2D eigenvalue weighted by atomic mass is 32.2. The number of ether oxygens (including phenoxy) is 1. The quantitative estimate of drug-likeness (QED) is 0.130. The number of hydrogen-bond acceptors (Lipinski definition) is 12. The van der Waals surface area contributed by atoms with E-state index in [2.05, 4.69) is 15.5 Å². The first-order valence-corrected chi connectivity index (χ1v) is 11.8. The van der Waals surface area contributed by atoms with Crippen LogP contribution in [-0.2, 0) is 40.0 Å². The maximum atomic E-state index is 12.6. The summed E-state index contributed by atoms with van der Waals surface area (Å²) < 4.78 is 4.86. The Kier molecular flexibility index (Phi) is 7.64. The molecule has 1 saturated heterocycles.